The van der Waals surface area contributed by atoms with Gasteiger partial charge in [-0.05, 0) is 37.6 Å². The van der Waals surface area contributed by atoms with Crippen molar-refractivity contribution in [3.8, 4) is 0 Å². The molecule has 0 saturated carbocycles. The maximum atomic E-state index is 12.3. The van der Waals surface area contributed by atoms with Gasteiger partial charge in [-0.3, -0.25) is 4.79 Å². The van der Waals surface area contributed by atoms with Gasteiger partial charge < -0.3 is 4.42 Å². The Balaban J connectivity index is 1.86. The van der Waals surface area contributed by atoms with Gasteiger partial charge in [0.15, 0.2) is 0 Å². The largest absolute Gasteiger partial charge is 0.463 e. The number of nitrogens with one attached hydrogen (secondary N) is 1. The number of halogens is 1. The number of benzene rings is 1. The van der Waals surface area contributed by atoms with Crippen LogP contribution in [0.2, 0.25) is 5.02 Å². The van der Waals surface area contributed by atoms with Crippen LogP contribution < -0.4 is 5.43 Å². The molecule has 2 heterocycles. The van der Waals surface area contributed by atoms with Gasteiger partial charge in [-0.2, -0.15) is 5.10 Å². The van der Waals surface area contributed by atoms with E-state index >= 15 is 0 Å². The summed E-state index contributed by atoms with van der Waals surface area (Å²) < 4.78 is 6.20. The fraction of sp³-hybridized carbons (Fsp3) is 0.125. The smallest absolute Gasteiger partial charge is 0.283 e. The second kappa shape index (κ2) is 5.94. The predicted molar refractivity (Wildman–Crippen MR) is 90.0 cm³/mol. The second-order valence-electron chi connectivity index (χ2n) is 4.86. The summed E-state index contributed by atoms with van der Waals surface area (Å²) in [6, 6.07) is 9.46. The molecule has 22 heavy (non-hydrogen) atoms. The Morgan fingerprint density at radius 1 is 1.36 bits per heavy atom. The topological polar surface area (TPSA) is 54.6 Å². The Labute approximate surface area is 136 Å². The number of aryl methyl sites for hydroxylation is 1. The van der Waals surface area contributed by atoms with Gasteiger partial charge in [-0.1, -0.05) is 23.7 Å². The molecule has 0 aliphatic carbocycles. The number of thiophene rings is 1. The van der Waals surface area contributed by atoms with Crippen LogP contribution in [0.3, 0.4) is 0 Å². The quantitative estimate of drug-likeness (QED) is 0.562. The molecule has 1 amide bonds. The lowest BCUT2D eigenvalue weighted by molar-refractivity contribution is 0.0959. The lowest BCUT2D eigenvalue weighted by Crippen LogP contribution is -2.18. The molecule has 0 bridgehead atoms. The molecule has 0 atom stereocenters. The van der Waals surface area contributed by atoms with E-state index in [4.69, 9.17) is 16.0 Å². The molecule has 0 fully saturated rings. The number of hydrogen-bond acceptors (Lipinski definition) is 4. The van der Waals surface area contributed by atoms with Crippen LogP contribution in [0.15, 0.2) is 46.1 Å². The monoisotopic (exact) mass is 332 g/mol. The number of carbonyl (C=O) groups excluding carboxylic acids is 1. The molecule has 0 aliphatic rings. The molecule has 0 radical (unpaired) electrons. The van der Waals surface area contributed by atoms with Gasteiger partial charge in [0.1, 0.15) is 16.3 Å². The first-order valence-electron chi connectivity index (χ1n) is 6.63. The molecule has 3 aromatic rings. The van der Waals surface area contributed by atoms with Crippen molar-refractivity contribution < 1.29 is 9.21 Å². The van der Waals surface area contributed by atoms with E-state index in [1.54, 1.807) is 25.3 Å². The van der Waals surface area contributed by atoms with Gasteiger partial charge in [-0.15, -0.1) is 11.3 Å². The van der Waals surface area contributed by atoms with E-state index in [9.17, 15) is 4.79 Å². The third-order valence-electron chi connectivity index (χ3n) is 3.19. The predicted octanol–water partition coefficient (Wildman–Crippen LogP) is 4.61. The lowest BCUT2D eigenvalue weighted by Gasteiger charge is -1.99. The van der Waals surface area contributed by atoms with Crippen molar-refractivity contribution in [2.45, 2.75) is 13.8 Å². The zero-order valence-corrected chi connectivity index (χ0v) is 13.6. The van der Waals surface area contributed by atoms with Gasteiger partial charge in [-0.25, -0.2) is 5.43 Å². The average molecular weight is 333 g/mol. The van der Waals surface area contributed by atoms with Crippen molar-refractivity contribution in [2.24, 2.45) is 5.10 Å². The number of nitrogens with zero attached hydrogens (tertiary/aromatic N) is 1. The molecule has 0 spiro atoms. The number of carbonyl (C=O) groups is 1. The molecule has 4 nitrogen and oxygen atoms in total. The summed E-state index contributed by atoms with van der Waals surface area (Å²) in [6.07, 6.45) is 1.56. The number of fused-ring (bicyclic) bond motifs is 1. The Kier molecular flexibility index (Phi) is 4.00. The standard InChI is InChI=1S/C16H13ClN2O2S/c1-9-5-6-11-13(8-9)22-15(14(11)17)16(20)19-18-10(2)12-4-3-7-21-12/h3-8H,1-2H3,(H,19,20). The van der Waals surface area contributed by atoms with Crippen LogP contribution in [0.5, 0.6) is 0 Å². The summed E-state index contributed by atoms with van der Waals surface area (Å²) in [5.41, 5.74) is 4.24. The fourth-order valence-electron chi connectivity index (χ4n) is 2.04. The highest BCUT2D eigenvalue weighted by Crippen LogP contribution is 2.35. The summed E-state index contributed by atoms with van der Waals surface area (Å²) in [6.45, 7) is 3.76. The van der Waals surface area contributed by atoms with Crippen LogP contribution in [0.4, 0.5) is 0 Å². The molecular formula is C16H13ClN2O2S. The van der Waals surface area contributed by atoms with Crippen molar-refractivity contribution in [2.75, 3.05) is 0 Å². The van der Waals surface area contributed by atoms with Crippen molar-refractivity contribution in [1.82, 2.24) is 5.43 Å². The SMILES string of the molecule is CC(=NNC(=O)c1sc2cc(C)ccc2c1Cl)c1ccco1. The van der Waals surface area contributed by atoms with E-state index in [2.05, 4.69) is 10.5 Å². The minimum Gasteiger partial charge on any atom is -0.463 e. The fourth-order valence-corrected chi connectivity index (χ4v) is 3.55. The first-order valence-corrected chi connectivity index (χ1v) is 7.83. The zero-order chi connectivity index (χ0) is 15.7. The third-order valence-corrected chi connectivity index (χ3v) is 4.85. The molecule has 0 unspecified atom stereocenters. The van der Waals surface area contributed by atoms with Crippen molar-refractivity contribution in [1.29, 1.82) is 0 Å². The average Bonchev–Trinajstić information content (AvgIpc) is 3.13. The van der Waals surface area contributed by atoms with Crippen LogP contribution in [0.1, 0.15) is 27.9 Å². The van der Waals surface area contributed by atoms with Crippen molar-refractivity contribution in [3.05, 3.63) is 57.8 Å². The summed E-state index contributed by atoms with van der Waals surface area (Å²) in [4.78, 5) is 12.7. The number of hydrazone groups is 1. The third kappa shape index (κ3) is 2.77. The highest BCUT2D eigenvalue weighted by atomic mass is 35.5. The highest BCUT2D eigenvalue weighted by Gasteiger charge is 2.17. The van der Waals surface area contributed by atoms with Gasteiger partial charge in [0, 0.05) is 10.1 Å². The summed E-state index contributed by atoms with van der Waals surface area (Å²) >= 11 is 7.66. The van der Waals surface area contributed by atoms with Crippen LogP contribution in [0.25, 0.3) is 10.1 Å². The van der Waals surface area contributed by atoms with Crippen molar-refractivity contribution in [3.63, 3.8) is 0 Å². The first kappa shape index (κ1) is 14.8. The second-order valence-corrected chi connectivity index (χ2v) is 6.29. The van der Waals surface area contributed by atoms with Gasteiger partial charge >= 0.3 is 0 Å². The van der Waals surface area contributed by atoms with E-state index in [0.717, 1.165) is 15.6 Å². The molecule has 0 saturated heterocycles. The van der Waals surface area contributed by atoms with Crippen LogP contribution in [-0.2, 0) is 0 Å². The van der Waals surface area contributed by atoms with Gasteiger partial charge in [0.25, 0.3) is 5.91 Å². The Hall–Kier alpha value is -2.11. The molecule has 112 valence electrons. The zero-order valence-electron chi connectivity index (χ0n) is 12.0. The lowest BCUT2D eigenvalue weighted by atomic mass is 10.2. The Bertz CT molecular complexity index is 866. The van der Waals surface area contributed by atoms with Crippen LogP contribution in [-0.4, -0.2) is 11.6 Å². The number of furan rings is 1. The van der Waals surface area contributed by atoms with E-state index < -0.39 is 0 Å². The van der Waals surface area contributed by atoms with Crippen LogP contribution >= 0.6 is 22.9 Å². The molecule has 1 N–H and O–H groups in total. The van der Waals surface area contributed by atoms with E-state index in [1.807, 2.05) is 25.1 Å². The van der Waals surface area contributed by atoms with Gasteiger partial charge in [0.2, 0.25) is 0 Å². The highest BCUT2D eigenvalue weighted by molar-refractivity contribution is 7.21. The normalized spacial score (nSPS) is 11.9. The molecular weight excluding hydrogens is 320 g/mol. The number of rotatable bonds is 3. The summed E-state index contributed by atoms with van der Waals surface area (Å²) in [7, 11) is 0. The Morgan fingerprint density at radius 2 is 2.18 bits per heavy atom. The number of hydrogen-bond donors (Lipinski definition) is 1. The minimum absolute atomic E-state index is 0.324. The maximum Gasteiger partial charge on any atom is 0.283 e. The molecule has 2 aromatic heterocycles. The van der Waals surface area contributed by atoms with E-state index in [1.165, 1.54) is 11.3 Å². The van der Waals surface area contributed by atoms with E-state index in [0.29, 0.717) is 21.4 Å². The van der Waals surface area contributed by atoms with Crippen molar-refractivity contribution >= 4 is 44.6 Å². The maximum absolute atomic E-state index is 12.3. The molecule has 3 rings (SSSR count). The molecule has 6 heteroatoms. The summed E-state index contributed by atoms with van der Waals surface area (Å²) in [5, 5.41) is 5.39. The van der Waals surface area contributed by atoms with Crippen LogP contribution in [0, 0.1) is 6.92 Å². The summed E-state index contributed by atoms with van der Waals surface area (Å²) in [5.74, 6) is 0.285. The van der Waals surface area contributed by atoms with E-state index in [-0.39, 0.29) is 5.91 Å². The van der Waals surface area contributed by atoms with Gasteiger partial charge in [0.05, 0.1) is 11.3 Å². The molecule has 0 aliphatic heterocycles. The molecule has 1 aromatic carbocycles. The first-order chi connectivity index (χ1) is 10.6. The Morgan fingerprint density at radius 3 is 2.91 bits per heavy atom. The number of amides is 1. The minimum atomic E-state index is -0.324.